The minimum absolute atomic E-state index is 0.0478. The lowest BCUT2D eigenvalue weighted by Crippen LogP contribution is -1.99. The summed E-state index contributed by atoms with van der Waals surface area (Å²) in [5, 5.41) is 18.2. The lowest BCUT2D eigenvalue weighted by molar-refractivity contribution is 0.373. The van der Waals surface area contributed by atoms with Crippen LogP contribution in [0.2, 0.25) is 0 Å². The number of aromatic nitrogens is 3. The number of phenols is 1. The number of benzene rings is 2. The van der Waals surface area contributed by atoms with Gasteiger partial charge in [-0.3, -0.25) is 0 Å². The van der Waals surface area contributed by atoms with E-state index < -0.39 is 0 Å². The predicted octanol–water partition coefficient (Wildman–Crippen LogP) is 2.67. The molecule has 3 rings (SSSR count). The van der Waals surface area contributed by atoms with E-state index in [0.717, 1.165) is 11.3 Å². The zero-order chi connectivity index (χ0) is 17.1. The first-order valence-corrected chi connectivity index (χ1v) is 7.18. The Morgan fingerprint density at radius 1 is 0.917 bits per heavy atom. The highest BCUT2D eigenvalue weighted by atomic mass is 16.5. The molecule has 1 N–H and O–H groups in total. The van der Waals surface area contributed by atoms with Gasteiger partial charge in [0, 0.05) is 11.6 Å². The van der Waals surface area contributed by atoms with Gasteiger partial charge < -0.3 is 19.3 Å². The fourth-order valence-corrected chi connectivity index (χ4v) is 2.34. The van der Waals surface area contributed by atoms with Crippen molar-refractivity contribution in [1.82, 2.24) is 15.0 Å². The van der Waals surface area contributed by atoms with Gasteiger partial charge >= 0.3 is 0 Å². The summed E-state index contributed by atoms with van der Waals surface area (Å²) in [6, 6.07) is 10.5. The molecule has 0 radical (unpaired) electrons. The summed E-state index contributed by atoms with van der Waals surface area (Å²) in [5.41, 5.74) is 2.08. The second kappa shape index (κ2) is 6.49. The number of hydrogen-bond donors (Lipinski definition) is 1. The Hall–Kier alpha value is -3.22. The van der Waals surface area contributed by atoms with Gasteiger partial charge in [0.05, 0.1) is 27.5 Å². The standard InChI is InChI=1S/C17H17N3O4/c1-22-12-5-6-14(17(9-12)24-3)20-10-13(18-19-20)11-4-7-16(23-2)15(21)8-11/h4-10,21H,1-3H3. The molecule has 0 atom stereocenters. The average Bonchev–Trinajstić information content (AvgIpc) is 3.10. The number of nitrogens with zero attached hydrogens (tertiary/aromatic N) is 3. The van der Waals surface area contributed by atoms with E-state index in [9.17, 15) is 5.11 Å². The van der Waals surface area contributed by atoms with E-state index in [1.807, 2.05) is 12.1 Å². The van der Waals surface area contributed by atoms with Crippen molar-refractivity contribution in [3.8, 4) is 39.9 Å². The summed E-state index contributed by atoms with van der Waals surface area (Å²) in [4.78, 5) is 0. The van der Waals surface area contributed by atoms with Crippen LogP contribution in [0.25, 0.3) is 16.9 Å². The first-order chi connectivity index (χ1) is 11.7. The van der Waals surface area contributed by atoms with E-state index in [0.29, 0.717) is 22.9 Å². The van der Waals surface area contributed by atoms with E-state index in [-0.39, 0.29) is 5.75 Å². The zero-order valence-corrected chi connectivity index (χ0v) is 13.6. The lowest BCUT2D eigenvalue weighted by Gasteiger charge is -2.09. The molecular weight excluding hydrogens is 310 g/mol. The third-order valence-corrected chi connectivity index (χ3v) is 3.60. The summed E-state index contributed by atoms with van der Waals surface area (Å²) >= 11 is 0. The van der Waals surface area contributed by atoms with E-state index >= 15 is 0 Å². The molecule has 0 amide bonds. The smallest absolute Gasteiger partial charge is 0.160 e. The average molecular weight is 327 g/mol. The Balaban J connectivity index is 1.98. The molecule has 0 aliphatic rings. The van der Waals surface area contributed by atoms with Gasteiger partial charge in [-0.05, 0) is 30.3 Å². The molecule has 0 aliphatic carbocycles. The Labute approximate surface area is 139 Å². The third kappa shape index (κ3) is 2.83. The summed E-state index contributed by atoms with van der Waals surface area (Å²) in [5.74, 6) is 1.76. The van der Waals surface area contributed by atoms with Crippen LogP contribution < -0.4 is 14.2 Å². The molecule has 0 unspecified atom stereocenters. The van der Waals surface area contributed by atoms with Crippen LogP contribution in [0, 0.1) is 0 Å². The monoisotopic (exact) mass is 327 g/mol. The van der Waals surface area contributed by atoms with E-state index in [1.165, 1.54) is 7.11 Å². The molecule has 0 spiro atoms. The van der Waals surface area contributed by atoms with Gasteiger partial charge in [-0.25, -0.2) is 4.68 Å². The first kappa shape index (κ1) is 15.7. The number of phenolic OH excluding ortho intramolecular Hbond substituents is 1. The van der Waals surface area contributed by atoms with Gasteiger partial charge in [0.2, 0.25) is 0 Å². The van der Waals surface area contributed by atoms with Gasteiger partial charge in [0.15, 0.2) is 11.5 Å². The molecule has 7 nitrogen and oxygen atoms in total. The van der Waals surface area contributed by atoms with Crippen molar-refractivity contribution >= 4 is 0 Å². The summed E-state index contributed by atoms with van der Waals surface area (Å²) < 4.78 is 17.2. The molecule has 0 saturated carbocycles. The predicted molar refractivity (Wildman–Crippen MR) is 88.1 cm³/mol. The molecule has 7 heteroatoms. The van der Waals surface area contributed by atoms with Crippen LogP contribution in [0.3, 0.4) is 0 Å². The van der Waals surface area contributed by atoms with Crippen LogP contribution >= 0.6 is 0 Å². The van der Waals surface area contributed by atoms with E-state index in [2.05, 4.69) is 10.3 Å². The molecule has 2 aromatic carbocycles. The number of methoxy groups -OCH3 is 3. The Kier molecular flexibility index (Phi) is 4.24. The molecule has 3 aromatic rings. The SMILES string of the molecule is COc1ccc(-n2cc(-c3ccc(OC)c(O)c3)nn2)c(OC)c1. The fraction of sp³-hybridized carbons (Fsp3) is 0.176. The highest BCUT2D eigenvalue weighted by molar-refractivity contribution is 5.63. The molecular formula is C17H17N3O4. The number of ether oxygens (including phenoxy) is 3. The number of aromatic hydroxyl groups is 1. The molecule has 0 aliphatic heterocycles. The van der Waals surface area contributed by atoms with Crippen LogP contribution in [-0.2, 0) is 0 Å². The van der Waals surface area contributed by atoms with Crippen LogP contribution in [0.15, 0.2) is 42.6 Å². The largest absolute Gasteiger partial charge is 0.504 e. The van der Waals surface area contributed by atoms with E-state index in [4.69, 9.17) is 14.2 Å². The Bertz CT molecular complexity index is 861. The highest BCUT2D eigenvalue weighted by Gasteiger charge is 2.12. The van der Waals surface area contributed by atoms with Gasteiger partial charge in [0.1, 0.15) is 22.9 Å². The van der Waals surface area contributed by atoms with Crippen molar-refractivity contribution in [1.29, 1.82) is 0 Å². The summed E-state index contributed by atoms with van der Waals surface area (Å²) in [6.07, 6.45) is 1.76. The van der Waals surface area contributed by atoms with Crippen LogP contribution in [-0.4, -0.2) is 41.4 Å². The molecule has 0 bridgehead atoms. The Morgan fingerprint density at radius 2 is 1.71 bits per heavy atom. The summed E-state index contributed by atoms with van der Waals surface area (Å²) in [7, 11) is 4.68. The van der Waals surface area contributed by atoms with Crippen LogP contribution in [0.4, 0.5) is 0 Å². The minimum Gasteiger partial charge on any atom is -0.504 e. The maximum Gasteiger partial charge on any atom is 0.160 e. The van der Waals surface area contributed by atoms with E-state index in [1.54, 1.807) is 49.4 Å². The van der Waals surface area contributed by atoms with Crippen LogP contribution in [0.1, 0.15) is 0 Å². The van der Waals surface area contributed by atoms with Gasteiger partial charge in [-0.15, -0.1) is 5.10 Å². The normalized spacial score (nSPS) is 10.5. The zero-order valence-electron chi connectivity index (χ0n) is 13.6. The first-order valence-electron chi connectivity index (χ1n) is 7.18. The second-order valence-electron chi connectivity index (χ2n) is 4.97. The topological polar surface area (TPSA) is 78.6 Å². The maximum atomic E-state index is 9.90. The van der Waals surface area contributed by atoms with Gasteiger partial charge in [-0.2, -0.15) is 0 Å². The maximum absolute atomic E-state index is 9.90. The minimum atomic E-state index is 0.0478. The number of hydrogen-bond acceptors (Lipinski definition) is 6. The molecule has 1 aromatic heterocycles. The third-order valence-electron chi connectivity index (χ3n) is 3.60. The van der Waals surface area contributed by atoms with Crippen molar-refractivity contribution in [2.75, 3.05) is 21.3 Å². The highest BCUT2D eigenvalue weighted by Crippen LogP contribution is 2.32. The van der Waals surface area contributed by atoms with Gasteiger partial charge in [-0.1, -0.05) is 5.21 Å². The molecule has 24 heavy (non-hydrogen) atoms. The van der Waals surface area contributed by atoms with Crippen molar-refractivity contribution < 1.29 is 19.3 Å². The van der Waals surface area contributed by atoms with Crippen LogP contribution in [0.5, 0.6) is 23.0 Å². The van der Waals surface area contributed by atoms with Gasteiger partial charge in [0.25, 0.3) is 0 Å². The van der Waals surface area contributed by atoms with Crippen molar-refractivity contribution in [2.45, 2.75) is 0 Å². The van der Waals surface area contributed by atoms with Crippen molar-refractivity contribution in [3.63, 3.8) is 0 Å². The van der Waals surface area contributed by atoms with Crippen molar-refractivity contribution in [2.24, 2.45) is 0 Å². The molecule has 0 fully saturated rings. The summed E-state index contributed by atoms with van der Waals surface area (Å²) in [6.45, 7) is 0. The molecule has 1 heterocycles. The second-order valence-corrected chi connectivity index (χ2v) is 4.97. The lowest BCUT2D eigenvalue weighted by atomic mass is 10.1. The fourth-order valence-electron chi connectivity index (χ4n) is 2.34. The Morgan fingerprint density at radius 3 is 2.38 bits per heavy atom. The molecule has 0 saturated heterocycles. The number of rotatable bonds is 5. The molecule has 124 valence electrons. The van der Waals surface area contributed by atoms with Crippen molar-refractivity contribution in [3.05, 3.63) is 42.6 Å². The quantitative estimate of drug-likeness (QED) is 0.776.